The van der Waals surface area contributed by atoms with E-state index in [-0.39, 0.29) is 4.74 Å². The molecule has 0 saturated heterocycles. The van der Waals surface area contributed by atoms with Crippen molar-refractivity contribution in [2.45, 2.75) is 0 Å². The molecular formula is C6H4N2OS2. The van der Waals surface area contributed by atoms with Gasteiger partial charge in [0.2, 0.25) is 0 Å². The van der Waals surface area contributed by atoms with E-state index in [0.29, 0.717) is 15.3 Å². The highest BCUT2D eigenvalue weighted by atomic mass is 32.1. The van der Waals surface area contributed by atoms with Gasteiger partial charge in [0.1, 0.15) is 4.70 Å². The van der Waals surface area contributed by atoms with Crippen molar-refractivity contribution in [1.29, 1.82) is 0 Å². The van der Waals surface area contributed by atoms with Crippen LogP contribution in [0.25, 0.3) is 10.2 Å². The van der Waals surface area contributed by atoms with Crippen LogP contribution in [0.2, 0.25) is 0 Å². The molecule has 0 aliphatic rings. The molecule has 3 nitrogen and oxygen atoms in total. The average Bonchev–Trinajstić information content (AvgIpc) is 2.34. The Labute approximate surface area is 70.1 Å². The first-order valence-corrected chi connectivity index (χ1v) is 4.61. The van der Waals surface area contributed by atoms with Crippen molar-refractivity contribution in [1.82, 2.24) is 4.98 Å². The molecule has 0 amide bonds. The predicted molar refractivity (Wildman–Crippen MR) is 48.2 cm³/mol. The number of anilines is 1. The van der Waals surface area contributed by atoms with Crippen LogP contribution in [0, 0.1) is 0 Å². The lowest BCUT2D eigenvalue weighted by Crippen LogP contribution is -1.97. The number of aromatic nitrogens is 1. The molecule has 0 fully saturated rings. The lowest BCUT2D eigenvalue weighted by molar-refractivity contribution is 1.48. The number of fused-ring (bicyclic) bond motifs is 1. The summed E-state index contributed by atoms with van der Waals surface area (Å²) in [7, 11) is 0. The molecule has 0 aliphatic heterocycles. The molecule has 0 spiro atoms. The van der Waals surface area contributed by atoms with Crippen LogP contribution in [0.15, 0.2) is 16.2 Å². The quantitative estimate of drug-likeness (QED) is 0.671. The van der Waals surface area contributed by atoms with E-state index in [2.05, 4.69) is 4.98 Å². The average molecular weight is 184 g/mol. The highest BCUT2D eigenvalue weighted by molar-refractivity contribution is 7.20. The Morgan fingerprint density at radius 3 is 3.18 bits per heavy atom. The number of nitrogens with zero attached hydrogens (tertiary/aromatic N) is 1. The van der Waals surface area contributed by atoms with Gasteiger partial charge in [-0.1, -0.05) is 11.3 Å². The maximum absolute atomic E-state index is 11.2. The van der Waals surface area contributed by atoms with Gasteiger partial charge in [-0.3, -0.25) is 4.79 Å². The van der Waals surface area contributed by atoms with Crippen LogP contribution >= 0.6 is 22.7 Å². The number of rotatable bonds is 0. The lowest BCUT2D eigenvalue weighted by atomic mass is 10.5. The molecule has 11 heavy (non-hydrogen) atoms. The number of thiophene rings is 1. The highest BCUT2D eigenvalue weighted by Crippen LogP contribution is 2.17. The second-order valence-electron chi connectivity index (χ2n) is 1.97. The Hall–Kier alpha value is -0.940. The van der Waals surface area contributed by atoms with E-state index in [1.807, 2.05) is 5.38 Å². The summed E-state index contributed by atoms with van der Waals surface area (Å²) in [6.45, 7) is 0. The van der Waals surface area contributed by atoms with Crippen LogP contribution in [-0.2, 0) is 0 Å². The molecule has 2 heterocycles. The SMILES string of the molecule is Nc1nc2ccsc2c(=O)s1. The third-order valence-corrected chi connectivity index (χ3v) is 2.98. The van der Waals surface area contributed by atoms with E-state index in [4.69, 9.17) is 5.73 Å². The number of hydrogen-bond acceptors (Lipinski definition) is 5. The van der Waals surface area contributed by atoms with Gasteiger partial charge in [-0.15, -0.1) is 11.3 Å². The summed E-state index contributed by atoms with van der Waals surface area (Å²) in [6.07, 6.45) is 0. The van der Waals surface area contributed by atoms with Crippen molar-refractivity contribution in [2.24, 2.45) is 0 Å². The molecule has 2 aromatic heterocycles. The first-order valence-electron chi connectivity index (χ1n) is 2.91. The van der Waals surface area contributed by atoms with E-state index < -0.39 is 0 Å². The third-order valence-electron chi connectivity index (χ3n) is 1.26. The van der Waals surface area contributed by atoms with Gasteiger partial charge in [0.25, 0.3) is 4.74 Å². The molecule has 0 bridgehead atoms. The highest BCUT2D eigenvalue weighted by Gasteiger charge is 2.01. The predicted octanol–water partition coefficient (Wildman–Crippen LogP) is 1.30. The monoisotopic (exact) mass is 184 g/mol. The van der Waals surface area contributed by atoms with Crippen molar-refractivity contribution in [3.05, 3.63) is 21.0 Å². The fourth-order valence-electron chi connectivity index (χ4n) is 0.826. The maximum Gasteiger partial charge on any atom is 0.255 e. The van der Waals surface area contributed by atoms with E-state index in [1.54, 1.807) is 6.07 Å². The Bertz CT molecular complexity index is 445. The third kappa shape index (κ3) is 1.02. The van der Waals surface area contributed by atoms with E-state index in [9.17, 15) is 4.79 Å². The Balaban J connectivity index is 3.02. The lowest BCUT2D eigenvalue weighted by Gasteiger charge is -1.87. The van der Waals surface area contributed by atoms with Gasteiger partial charge in [-0.2, -0.15) is 0 Å². The van der Waals surface area contributed by atoms with Gasteiger partial charge in [0.15, 0.2) is 5.13 Å². The zero-order valence-electron chi connectivity index (χ0n) is 5.40. The summed E-state index contributed by atoms with van der Waals surface area (Å²) in [5, 5.41) is 2.17. The number of hydrogen-bond donors (Lipinski definition) is 1. The first kappa shape index (κ1) is 6.75. The van der Waals surface area contributed by atoms with Crippen LogP contribution in [0.3, 0.4) is 0 Å². The Morgan fingerprint density at radius 2 is 2.36 bits per heavy atom. The zero-order valence-corrected chi connectivity index (χ0v) is 7.04. The molecule has 2 aromatic rings. The minimum atomic E-state index is 0.00231. The maximum atomic E-state index is 11.2. The first-order chi connectivity index (χ1) is 5.27. The second-order valence-corrected chi connectivity index (χ2v) is 3.88. The number of nitrogen functional groups attached to an aromatic ring is 1. The van der Waals surface area contributed by atoms with Crippen molar-refractivity contribution in [2.75, 3.05) is 5.73 Å². The zero-order chi connectivity index (χ0) is 7.84. The van der Waals surface area contributed by atoms with Gasteiger partial charge in [0, 0.05) is 0 Å². The van der Waals surface area contributed by atoms with Crippen LogP contribution in [0.1, 0.15) is 0 Å². The van der Waals surface area contributed by atoms with Crippen LogP contribution < -0.4 is 10.5 Å². The Kier molecular flexibility index (Phi) is 1.40. The molecule has 0 aliphatic carbocycles. The summed E-state index contributed by atoms with van der Waals surface area (Å²) < 4.78 is 0.701. The standard InChI is InChI=1S/C6H4N2OS2/c7-6-8-3-1-2-10-4(3)5(9)11-6/h1-2H,(H2,7,8). The van der Waals surface area contributed by atoms with Gasteiger partial charge >= 0.3 is 0 Å². The van der Waals surface area contributed by atoms with Gasteiger partial charge < -0.3 is 5.73 Å². The minimum Gasteiger partial charge on any atom is -0.375 e. The molecule has 0 aromatic carbocycles. The van der Waals surface area contributed by atoms with Crippen molar-refractivity contribution >= 4 is 38.0 Å². The Morgan fingerprint density at radius 1 is 1.55 bits per heavy atom. The van der Waals surface area contributed by atoms with E-state index in [0.717, 1.165) is 11.3 Å². The topological polar surface area (TPSA) is 56.0 Å². The molecule has 0 atom stereocenters. The van der Waals surface area contributed by atoms with Crippen LogP contribution in [-0.4, -0.2) is 4.98 Å². The van der Waals surface area contributed by atoms with Gasteiger partial charge in [-0.25, -0.2) is 4.98 Å². The molecule has 0 unspecified atom stereocenters. The van der Waals surface area contributed by atoms with Crippen LogP contribution in [0.4, 0.5) is 5.13 Å². The van der Waals surface area contributed by atoms with Crippen LogP contribution in [0.5, 0.6) is 0 Å². The molecule has 2 rings (SSSR count). The molecule has 2 N–H and O–H groups in total. The minimum absolute atomic E-state index is 0.00231. The van der Waals surface area contributed by atoms with Gasteiger partial charge in [-0.05, 0) is 11.4 Å². The van der Waals surface area contributed by atoms with Gasteiger partial charge in [0.05, 0.1) is 5.52 Å². The number of nitrogens with two attached hydrogens (primary N) is 1. The fourth-order valence-corrected chi connectivity index (χ4v) is 2.29. The summed E-state index contributed by atoms with van der Waals surface area (Å²) in [6, 6.07) is 1.80. The molecular weight excluding hydrogens is 180 g/mol. The summed E-state index contributed by atoms with van der Waals surface area (Å²) >= 11 is 2.39. The van der Waals surface area contributed by atoms with E-state index >= 15 is 0 Å². The van der Waals surface area contributed by atoms with Crippen molar-refractivity contribution in [3.63, 3.8) is 0 Å². The van der Waals surface area contributed by atoms with Crippen molar-refractivity contribution in [3.8, 4) is 0 Å². The largest absolute Gasteiger partial charge is 0.375 e. The fraction of sp³-hybridized carbons (Fsp3) is 0. The van der Waals surface area contributed by atoms with Crippen molar-refractivity contribution < 1.29 is 0 Å². The smallest absolute Gasteiger partial charge is 0.255 e. The summed E-state index contributed by atoms with van der Waals surface area (Å²) in [4.78, 5) is 15.2. The molecule has 0 saturated carbocycles. The molecule has 0 radical (unpaired) electrons. The summed E-state index contributed by atoms with van der Waals surface area (Å²) in [5.41, 5.74) is 6.10. The molecule has 56 valence electrons. The van der Waals surface area contributed by atoms with E-state index in [1.165, 1.54) is 11.3 Å². The molecule has 5 heteroatoms. The summed E-state index contributed by atoms with van der Waals surface area (Å²) in [5.74, 6) is 0. The second kappa shape index (κ2) is 2.28. The normalized spacial score (nSPS) is 10.5.